The highest BCUT2D eigenvalue weighted by atomic mass is 19.4. The van der Waals surface area contributed by atoms with Crippen molar-refractivity contribution in [1.29, 1.82) is 0 Å². The first kappa shape index (κ1) is 15.3. The third kappa shape index (κ3) is 4.45. The summed E-state index contributed by atoms with van der Waals surface area (Å²) in [6.45, 7) is 2.95. The summed E-state index contributed by atoms with van der Waals surface area (Å²) in [5, 5.41) is 3.18. The molecule has 2 rings (SSSR count). The van der Waals surface area contributed by atoms with Gasteiger partial charge in [-0.3, -0.25) is 4.90 Å². The van der Waals surface area contributed by atoms with E-state index in [1.165, 1.54) is 12.1 Å². The number of nitrogens with zero attached hydrogens (tertiary/aromatic N) is 1. The highest BCUT2D eigenvalue weighted by Crippen LogP contribution is 2.31. The Morgan fingerprint density at radius 3 is 2.25 bits per heavy atom. The maximum atomic E-state index is 13.0. The van der Waals surface area contributed by atoms with Crippen molar-refractivity contribution in [2.24, 2.45) is 0 Å². The highest BCUT2D eigenvalue weighted by molar-refractivity contribution is 5.20. The van der Waals surface area contributed by atoms with Crippen LogP contribution < -0.4 is 5.32 Å². The molecule has 0 saturated carbocycles. The Bertz CT molecular complexity index is 410. The topological polar surface area (TPSA) is 15.3 Å². The van der Waals surface area contributed by atoms with Crippen LogP contribution in [0.4, 0.5) is 17.6 Å². The number of benzene rings is 1. The molecule has 1 atom stereocenters. The average Bonchev–Trinajstić information content (AvgIpc) is 2.41. The van der Waals surface area contributed by atoms with Gasteiger partial charge in [0, 0.05) is 38.6 Å². The van der Waals surface area contributed by atoms with Crippen molar-refractivity contribution in [3.8, 4) is 0 Å². The van der Waals surface area contributed by atoms with Gasteiger partial charge in [-0.05, 0) is 24.1 Å². The fourth-order valence-electron chi connectivity index (χ4n) is 2.54. The van der Waals surface area contributed by atoms with Crippen molar-refractivity contribution in [2.45, 2.75) is 25.1 Å². The van der Waals surface area contributed by atoms with E-state index in [-0.39, 0.29) is 18.3 Å². The Morgan fingerprint density at radius 1 is 1.10 bits per heavy atom. The van der Waals surface area contributed by atoms with Gasteiger partial charge in [0.25, 0.3) is 0 Å². The fourth-order valence-corrected chi connectivity index (χ4v) is 2.54. The van der Waals surface area contributed by atoms with E-state index in [0.29, 0.717) is 13.1 Å². The third-order valence-corrected chi connectivity index (χ3v) is 3.55. The maximum Gasteiger partial charge on any atom is 0.389 e. The minimum atomic E-state index is -4.16. The Morgan fingerprint density at radius 2 is 1.70 bits per heavy atom. The molecule has 1 aliphatic heterocycles. The van der Waals surface area contributed by atoms with Gasteiger partial charge in [0.05, 0.1) is 0 Å². The largest absolute Gasteiger partial charge is 0.389 e. The van der Waals surface area contributed by atoms with Gasteiger partial charge in [0.1, 0.15) is 5.82 Å². The molecule has 0 aromatic heterocycles. The summed E-state index contributed by atoms with van der Waals surface area (Å²) in [5.41, 5.74) is 0.748. The lowest BCUT2D eigenvalue weighted by molar-refractivity contribution is -0.138. The van der Waals surface area contributed by atoms with E-state index in [2.05, 4.69) is 5.32 Å². The average molecular weight is 290 g/mol. The van der Waals surface area contributed by atoms with Gasteiger partial charge in [-0.15, -0.1) is 0 Å². The number of piperazine rings is 1. The van der Waals surface area contributed by atoms with E-state index in [1.54, 1.807) is 12.1 Å². The molecule has 112 valence electrons. The lowest BCUT2D eigenvalue weighted by atomic mass is 9.99. The summed E-state index contributed by atoms with van der Waals surface area (Å²) in [6, 6.07) is 5.46. The van der Waals surface area contributed by atoms with E-state index in [9.17, 15) is 17.6 Å². The van der Waals surface area contributed by atoms with Crippen LogP contribution in [-0.4, -0.2) is 37.3 Å². The van der Waals surface area contributed by atoms with Crippen LogP contribution in [0.5, 0.6) is 0 Å². The highest BCUT2D eigenvalue weighted by Gasteiger charge is 2.31. The van der Waals surface area contributed by atoms with Crippen LogP contribution in [0, 0.1) is 5.82 Å². The van der Waals surface area contributed by atoms with E-state index in [4.69, 9.17) is 0 Å². The Balaban J connectivity index is 2.12. The molecule has 0 aliphatic carbocycles. The van der Waals surface area contributed by atoms with Crippen LogP contribution in [-0.2, 0) is 0 Å². The Hall–Kier alpha value is -1.14. The van der Waals surface area contributed by atoms with Gasteiger partial charge < -0.3 is 5.32 Å². The molecular formula is C14H18F4N2. The molecule has 0 radical (unpaired) electrons. The Kier molecular flexibility index (Phi) is 4.99. The van der Waals surface area contributed by atoms with E-state index in [1.807, 2.05) is 4.90 Å². The maximum absolute atomic E-state index is 13.0. The Labute approximate surface area is 115 Å². The van der Waals surface area contributed by atoms with Gasteiger partial charge in [-0.2, -0.15) is 13.2 Å². The fraction of sp³-hybridized carbons (Fsp3) is 0.571. The first-order chi connectivity index (χ1) is 9.46. The van der Waals surface area contributed by atoms with Crippen LogP contribution in [0.15, 0.2) is 24.3 Å². The van der Waals surface area contributed by atoms with Crippen LogP contribution in [0.1, 0.15) is 24.4 Å². The SMILES string of the molecule is Fc1ccc([C@@H](CCC(F)(F)F)N2CCNCC2)cc1. The van der Waals surface area contributed by atoms with E-state index in [0.717, 1.165) is 18.7 Å². The molecule has 1 aliphatic rings. The molecule has 0 unspecified atom stereocenters. The lowest BCUT2D eigenvalue weighted by Gasteiger charge is -2.35. The predicted molar refractivity (Wildman–Crippen MR) is 68.9 cm³/mol. The van der Waals surface area contributed by atoms with Gasteiger partial charge in [0.15, 0.2) is 0 Å². The number of hydrogen-bond acceptors (Lipinski definition) is 2. The summed E-state index contributed by atoms with van der Waals surface area (Å²) in [7, 11) is 0. The van der Waals surface area contributed by atoms with Crippen molar-refractivity contribution in [1.82, 2.24) is 10.2 Å². The first-order valence-electron chi connectivity index (χ1n) is 6.73. The van der Waals surface area contributed by atoms with Crippen molar-refractivity contribution in [2.75, 3.05) is 26.2 Å². The van der Waals surface area contributed by atoms with E-state index < -0.39 is 12.6 Å². The number of nitrogens with one attached hydrogen (secondary N) is 1. The minimum absolute atomic E-state index is 0.00906. The molecule has 1 aromatic carbocycles. The van der Waals surface area contributed by atoms with Crippen LogP contribution >= 0.6 is 0 Å². The van der Waals surface area contributed by atoms with Gasteiger partial charge >= 0.3 is 6.18 Å². The smallest absolute Gasteiger partial charge is 0.314 e. The molecule has 1 N–H and O–H groups in total. The van der Waals surface area contributed by atoms with Gasteiger partial charge in [0.2, 0.25) is 0 Å². The number of halogens is 4. The standard InChI is InChI=1S/C14H18F4N2/c15-12-3-1-11(2-4-12)13(5-6-14(16,17)18)20-9-7-19-8-10-20/h1-4,13,19H,5-10H2/t13-/m1/s1. The zero-order chi connectivity index (χ0) is 14.6. The van der Waals surface area contributed by atoms with Gasteiger partial charge in [-0.1, -0.05) is 12.1 Å². The van der Waals surface area contributed by atoms with Crippen molar-refractivity contribution in [3.63, 3.8) is 0 Å². The van der Waals surface area contributed by atoms with Crippen molar-refractivity contribution in [3.05, 3.63) is 35.6 Å². The zero-order valence-electron chi connectivity index (χ0n) is 11.1. The lowest BCUT2D eigenvalue weighted by Crippen LogP contribution is -2.45. The summed E-state index contributed by atoms with van der Waals surface area (Å²) in [6.07, 6.45) is -4.97. The molecule has 6 heteroatoms. The van der Waals surface area contributed by atoms with Gasteiger partial charge in [-0.25, -0.2) is 4.39 Å². The predicted octanol–water partition coefficient (Wildman–Crippen LogP) is 3.11. The summed E-state index contributed by atoms with van der Waals surface area (Å²) in [4.78, 5) is 2.04. The van der Waals surface area contributed by atoms with E-state index >= 15 is 0 Å². The number of alkyl halides is 3. The second-order valence-electron chi connectivity index (χ2n) is 5.01. The zero-order valence-corrected chi connectivity index (χ0v) is 11.1. The summed E-state index contributed by atoms with van der Waals surface area (Å²) < 4.78 is 50.4. The molecule has 0 spiro atoms. The minimum Gasteiger partial charge on any atom is -0.314 e. The van der Waals surface area contributed by atoms with Crippen LogP contribution in [0.3, 0.4) is 0 Å². The first-order valence-corrected chi connectivity index (χ1v) is 6.73. The number of hydrogen-bond donors (Lipinski definition) is 1. The molecule has 1 fully saturated rings. The summed E-state index contributed by atoms with van der Waals surface area (Å²) in [5.74, 6) is -0.372. The van der Waals surface area contributed by atoms with Crippen molar-refractivity contribution >= 4 is 0 Å². The van der Waals surface area contributed by atoms with Crippen LogP contribution in [0.2, 0.25) is 0 Å². The van der Waals surface area contributed by atoms with Crippen molar-refractivity contribution < 1.29 is 17.6 Å². The quantitative estimate of drug-likeness (QED) is 0.857. The molecule has 1 heterocycles. The summed E-state index contributed by atoms with van der Waals surface area (Å²) >= 11 is 0. The molecule has 2 nitrogen and oxygen atoms in total. The molecule has 0 bridgehead atoms. The normalized spacial score (nSPS) is 19.0. The number of rotatable bonds is 4. The third-order valence-electron chi connectivity index (χ3n) is 3.55. The van der Waals surface area contributed by atoms with Crippen LogP contribution in [0.25, 0.3) is 0 Å². The monoisotopic (exact) mass is 290 g/mol. The molecule has 1 saturated heterocycles. The molecule has 1 aromatic rings. The second kappa shape index (κ2) is 6.54. The molecular weight excluding hydrogens is 272 g/mol. The second-order valence-corrected chi connectivity index (χ2v) is 5.01. The molecule has 0 amide bonds. The molecule has 20 heavy (non-hydrogen) atoms.